The molecule has 2 heterocycles. The maximum absolute atomic E-state index is 13.6. The number of aromatic nitrogens is 2. The smallest absolute Gasteiger partial charge is 0.261 e. The van der Waals surface area contributed by atoms with Crippen LogP contribution < -0.4 is 15.0 Å². The van der Waals surface area contributed by atoms with Crippen molar-refractivity contribution in [2.75, 3.05) is 20.8 Å². The number of methoxy groups -OCH3 is 2. The van der Waals surface area contributed by atoms with Crippen molar-refractivity contribution in [3.05, 3.63) is 98.0 Å². The number of para-hydroxylation sites is 1. The number of carbonyl (C=O) groups is 2. The number of nitrogens with zero attached hydrogens (tertiary/aromatic N) is 3. The third-order valence-corrected chi connectivity index (χ3v) is 7.16. The van der Waals surface area contributed by atoms with Gasteiger partial charge in [-0.25, -0.2) is 4.98 Å². The highest BCUT2D eigenvalue weighted by Crippen LogP contribution is 2.28. The standard InChI is InChI=1S/C28H24BrN3O5/c1-36-22-11-10-17(16-23(22)37-2)12-14-31-24(30-25-20(28(31)35)8-5-9-21(25)29)13-15-32-26(33)18-6-3-4-7-19(18)27(32)34/h3-11,16H,12-15H2,1-2H3. The van der Waals surface area contributed by atoms with Crippen LogP contribution in [-0.2, 0) is 19.4 Å². The predicted molar refractivity (Wildman–Crippen MR) is 142 cm³/mol. The first-order valence-electron chi connectivity index (χ1n) is 11.8. The molecule has 4 aromatic rings. The summed E-state index contributed by atoms with van der Waals surface area (Å²) < 4.78 is 13.1. The Balaban J connectivity index is 1.47. The van der Waals surface area contributed by atoms with Gasteiger partial charge in [0.2, 0.25) is 0 Å². The zero-order chi connectivity index (χ0) is 26.1. The van der Waals surface area contributed by atoms with E-state index < -0.39 is 0 Å². The van der Waals surface area contributed by atoms with Crippen LogP contribution in [0.3, 0.4) is 0 Å². The van der Waals surface area contributed by atoms with E-state index in [4.69, 9.17) is 14.5 Å². The zero-order valence-corrected chi connectivity index (χ0v) is 21.9. The largest absolute Gasteiger partial charge is 0.493 e. The van der Waals surface area contributed by atoms with Gasteiger partial charge in [0, 0.05) is 24.0 Å². The molecular formula is C28H24BrN3O5. The van der Waals surface area contributed by atoms with E-state index in [1.165, 1.54) is 4.90 Å². The Labute approximate surface area is 221 Å². The van der Waals surface area contributed by atoms with Gasteiger partial charge in [-0.05, 0) is 64.3 Å². The molecule has 2 amide bonds. The van der Waals surface area contributed by atoms with Gasteiger partial charge < -0.3 is 9.47 Å². The number of benzene rings is 3. The van der Waals surface area contributed by atoms with Crippen LogP contribution in [0, 0.1) is 0 Å². The first-order chi connectivity index (χ1) is 17.9. The van der Waals surface area contributed by atoms with Crippen molar-refractivity contribution < 1.29 is 19.1 Å². The van der Waals surface area contributed by atoms with Crippen LogP contribution in [0.2, 0.25) is 0 Å². The molecule has 5 rings (SSSR count). The molecule has 0 atom stereocenters. The van der Waals surface area contributed by atoms with Crippen LogP contribution in [-0.4, -0.2) is 47.0 Å². The number of amides is 2. The van der Waals surface area contributed by atoms with E-state index >= 15 is 0 Å². The monoisotopic (exact) mass is 561 g/mol. The second-order valence-corrected chi connectivity index (χ2v) is 9.47. The van der Waals surface area contributed by atoms with Gasteiger partial charge in [-0.3, -0.25) is 23.9 Å². The molecule has 0 fully saturated rings. The van der Waals surface area contributed by atoms with Crippen molar-refractivity contribution in [1.82, 2.24) is 14.5 Å². The summed E-state index contributed by atoms with van der Waals surface area (Å²) in [6, 6.07) is 17.8. The minimum Gasteiger partial charge on any atom is -0.493 e. The summed E-state index contributed by atoms with van der Waals surface area (Å²) in [6.45, 7) is 0.478. The predicted octanol–water partition coefficient (Wildman–Crippen LogP) is 4.26. The Kier molecular flexibility index (Phi) is 6.80. The van der Waals surface area contributed by atoms with E-state index in [0.29, 0.717) is 56.8 Å². The fourth-order valence-electron chi connectivity index (χ4n) is 4.61. The number of ether oxygens (including phenoxy) is 2. The third-order valence-electron chi connectivity index (χ3n) is 6.52. The zero-order valence-electron chi connectivity index (χ0n) is 20.4. The molecule has 1 aliphatic heterocycles. The molecule has 0 saturated carbocycles. The van der Waals surface area contributed by atoms with Gasteiger partial charge in [-0.1, -0.05) is 24.3 Å². The Morgan fingerprint density at radius 3 is 2.19 bits per heavy atom. The topological polar surface area (TPSA) is 90.7 Å². The average Bonchev–Trinajstić information content (AvgIpc) is 3.16. The molecule has 0 aliphatic carbocycles. The number of imide groups is 1. The molecule has 1 aliphatic rings. The minimum atomic E-state index is -0.332. The highest BCUT2D eigenvalue weighted by molar-refractivity contribution is 9.10. The number of rotatable bonds is 8. The fraction of sp³-hybridized carbons (Fsp3) is 0.214. The molecule has 1 aromatic heterocycles. The summed E-state index contributed by atoms with van der Waals surface area (Å²) in [5.41, 5.74) is 2.13. The molecule has 0 N–H and O–H groups in total. The maximum atomic E-state index is 13.6. The lowest BCUT2D eigenvalue weighted by molar-refractivity contribution is 0.0655. The number of aryl methyl sites for hydroxylation is 1. The SMILES string of the molecule is COc1ccc(CCn2c(CCN3C(=O)c4ccccc4C3=O)nc3c(Br)cccc3c2=O)cc1OC. The molecule has 37 heavy (non-hydrogen) atoms. The summed E-state index contributed by atoms with van der Waals surface area (Å²) in [5.74, 6) is 1.08. The molecule has 0 unspecified atom stereocenters. The fourth-order valence-corrected chi connectivity index (χ4v) is 5.06. The number of hydrogen-bond donors (Lipinski definition) is 0. The van der Waals surface area contributed by atoms with Crippen molar-refractivity contribution >= 4 is 38.6 Å². The molecule has 0 radical (unpaired) electrons. The third kappa shape index (κ3) is 4.51. The van der Waals surface area contributed by atoms with Crippen LogP contribution in [0.4, 0.5) is 0 Å². The van der Waals surface area contributed by atoms with Gasteiger partial charge in [-0.2, -0.15) is 0 Å². The quantitative estimate of drug-likeness (QED) is 0.298. The van der Waals surface area contributed by atoms with Crippen LogP contribution >= 0.6 is 15.9 Å². The number of halogens is 1. The second-order valence-electron chi connectivity index (χ2n) is 8.62. The van der Waals surface area contributed by atoms with E-state index in [1.807, 2.05) is 24.3 Å². The van der Waals surface area contributed by atoms with Crippen molar-refractivity contribution in [3.63, 3.8) is 0 Å². The molecule has 8 nitrogen and oxygen atoms in total. The van der Waals surface area contributed by atoms with Crippen molar-refractivity contribution in [2.24, 2.45) is 0 Å². The van der Waals surface area contributed by atoms with Gasteiger partial charge in [0.05, 0.1) is 36.2 Å². The molecule has 3 aromatic carbocycles. The minimum absolute atomic E-state index is 0.116. The lowest BCUT2D eigenvalue weighted by Crippen LogP contribution is -2.34. The van der Waals surface area contributed by atoms with Crippen LogP contribution in [0.15, 0.2) is 69.9 Å². The van der Waals surface area contributed by atoms with E-state index in [-0.39, 0.29) is 30.3 Å². The summed E-state index contributed by atoms with van der Waals surface area (Å²) in [4.78, 5) is 45.3. The summed E-state index contributed by atoms with van der Waals surface area (Å²) in [7, 11) is 3.16. The molecule has 0 saturated heterocycles. The Bertz CT molecular complexity index is 1560. The van der Waals surface area contributed by atoms with Gasteiger partial charge >= 0.3 is 0 Å². The van der Waals surface area contributed by atoms with Gasteiger partial charge in [0.25, 0.3) is 17.4 Å². The second kappa shape index (κ2) is 10.2. The number of fused-ring (bicyclic) bond motifs is 2. The first-order valence-corrected chi connectivity index (χ1v) is 12.6. The van der Waals surface area contributed by atoms with Crippen LogP contribution in [0.25, 0.3) is 10.9 Å². The van der Waals surface area contributed by atoms with Gasteiger partial charge in [0.1, 0.15) is 5.82 Å². The highest BCUT2D eigenvalue weighted by atomic mass is 79.9. The normalized spacial score (nSPS) is 12.8. The van der Waals surface area contributed by atoms with Crippen molar-refractivity contribution in [2.45, 2.75) is 19.4 Å². The lowest BCUT2D eigenvalue weighted by Gasteiger charge is -2.18. The Hall–Kier alpha value is -3.98. The lowest BCUT2D eigenvalue weighted by atomic mass is 10.1. The van der Waals surface area contributed by atoms with Gasteiger partial charge in [0.15, 0.2) is 11.5 Å². The Morgan fingerprint density at radius 1 is 0.811 bits per heavy atom. The average molecular weight is 562 g/mol. The molecular weight excluding hydrogens is 538 g/mol. The molecule has 188 valence electrons. The van der Waals surface area contributed by atoms with Crippen LogP contribution in [0.5, 0.6) is 11.5 Å². The maximum Gasteiger partial charge on any atom is 0.261 e. The van der Waals surface area contributed by atoms with Gasteiger partial charge in [-0.15, -0.1) is 0 Å². The molecule has 0 bridgehead atoms. The van der Waals surface area contributed by atoms with E-state index in [9.17, 15) is 14.4 Å². The Morgan fingerprint density at radius 2 is 1.51 bits per heavy atom. The summed E-state index contributed by atoms with van der Waals surface area (Å²) >= 11 is 3.50. The van der Waals surface area contributed by atoms with Crippen molar-refractivity contribution in [1.29, 1.82) is 0 Å². The summed E-state index contributed by atoms with van der Waals surface area (Å²) in [5, 5.41) is 0.492. The van der Waals surface area contributed by atoms with E-state index in [0.717, 1.165) is 5.56 Å². The molecule has 0 spiro atoms. The first kappa shape index (κ1) is 24.7. The number of carbonyl (C=O) groups excluding carboxylic acids is 2. The molecule has 9 heteroatoms. The summed E-state index contributed by atoms with van der Waals surface area (Å²) in [6.07, 6.45) is 0.783. The number of hydrogen-bond acceptors (Lipinski definition) is 6. The van der Waals surface area contributed by atoms with Crippen LogP contribution in [0.1, 0.15) is 32.1 Å². The highest BCUT2D eigenvalue weighted by Gasteiger charge is 2.35. The van der Waals surface area contributed by atoms with E-state index in [1.54, 1.807) is 55.2 Å². The van der Waals surface area contributed by atoms with Crippen molar-refractivity contribution in [3.8, 4) is 11.5 Å². The van der Waals surface area contributed by atoms with E-state index in [2.05, 4.69) is 15.9 Å².